The molecule has 0 bridgehead atoms. The number of amides is 2. The number of benzene rings is 1. The van der Waals surface area contributed by atoms with Gasteiger partial charge in [-0.05, 0) is 50.3 Å². The summed E-state index contributed by atoms with van der Waals surface area (Å²) in [5, 5.41) is 2.79. The Morgan fingerprint density at radius 1 is 1.14 bits per heavy atom. The molecular weight excluding hydrogens is 392 g/mol. The minimum Gasteiger partial charge on any atom is -0.355 e. The van der Waals surface area contributed by atoms with Crippen LogP contribution in [0.2, 0.25) is 0 Å². The van der Waals surface area contributed by atoms with Crippen LogP contribution in [0.3, 0.4) is 0 Å². The minimum absolute atomic E-state index is 0.0103. The van der Waals surface area contributed by atoms with Gasteiger partial charge in [0.2, 0.25) is 15.9 Å². The summed E-state index contributed by atoms with van der Waals surface area (Å²) in [6.07, 6.45) is 2.90. The number of hydrogen-bond donors (Lipinski definition) is 2. The van der Waals surface area contributed by atoms with Gasteiger partial charge in [0.15, 0.2) is 0 Å². The summed E-state index contributed by atoms with van der Waals surface area (Å²) in [7, 11) is -3.61. The molecule has 0 spiro atoms. The number of hydrogen-bond acceptors (Lipinski definition) is 5. The molecule has 2 N–H and O–H groups in total. The van der Waals surface area contributed by atoms with Gasteiger partial charge in [-0.25, -0.2) is 13.1 Å². The number of nitrogens with one attached hydrogen (secondary N) is 2. The van der Waals surface area contributed by atoms with Crippen LogP contribution in [0.15, 0.2) is 29.2 Å². The van der Waals surface area contributed by atoms with Crippen molar-refractivity contribution in [2.75, 3.05) is 45.8 Å². The van der Waals surface area contributed by atoms with Crippen molar-refractivity contribution in [1.29, 1.82) is 0 Å². The molecule has 1 heterocycles. The van der Waals surface area contributed by atoms with Crippen molar-refractivity contribution in [3.8, 4) is 0 Å². The molecule has 9 heteroatoms. The van der Waals surface area contributed by atoms with Gasteiger partial charge in [-0.3, -0.25) is 14.5 Å². The monoisotopic (exact) mass is 422 g/mol. The maximum absolute atomic E-state index is 13.0. The molecule has 0 atom stereocenters. The van der Waals surface area contributed by atoms with Gasteiger partial charge in [0.25, 0.3) is 5.91 Å². The molecule has 160 valence electrons. The fourth-order valence-electron chi connectivity index (χ4n) is 3.40. The Morgan fingerprint density at radius 2 is 1.93 bits per heavy atom. The highest BCUT2D eigenvalue weighted by molar-refractivity contribution is 7.89. The third kappa shape index (κ3) is 6.25. The number of rotatable bonds is 8. The molecule has 3 rings (SSSR count). The maximum atomic E-state index is 13.0. The average molecular weight is 423 g/mol. The van der Waals surface area contributed by atoms with Gasteiger partial charge in [-0.1, -0.05) is 6.07 Å². The number of nitrogens with zero attached hydrogens (tertiary/aromatic N) is 2. The zero-order valence-corrected chi connectivity index (χ0v) is 17.7. The van der Waals surface area contributed by atoms with Crippen molar-refractivity contribution in [2.24, 2.45) is 5.92 Å². The van der Waals surface area contributed by atoms with Crippen LogP contribution in [0.25, 0.3) is 0 Å². The van der Waals surface area contributed by atoms with Crippen LogP contribution in [-0.2, 0) is 14.8 Å². The molecular formula is C20H30N4O4S. The summed E-state index contributed by atoms with van der Waals surface area (Å²) in [4.78, 5) is 28.6. The van der Waals surface area contributed by atoms with Gasteiger partial charge in [0, 0.05) is 44.8 Å². The van der Waals surface area contributed by atoms with Crippen LogP contribution in [0.1, 0.15) is 36.5 Å². The lowest BCUT2D eigenvalue weighted by atomic mass is 10.2. The van der Waals surface area contributed by atoms with Crippen molar-refractivity contribution >= 4 is 21.8 Å². The SMILES string of the molecule is CCNC(=O)CN1CCCN(C(=O)c2cccc(S(=O)(=O)NCC3CC3)c2)CC1. The number of carbonyl (C=O) groups is 2. The number of sulfonamides is 1. The second-order valence-corrected chi connectivity index (χ2v) is 9.47. The Hall–Kier alpha value is -1.97. The molecule has 0 unspecified atom stereocenters. The first-order valence-electron chi connectivity index (χ1n) is 10.3. The van der Waals surface area contributed by atoms with Crippen LogP contribution in [0.4, 0.5) is 0 Å². The first kappa shape index (κ1) is 21.7. The van der Waals surface area contributed by atoms with E-state index in [1.807, 2.05) is 11.8 Å². The zero-order chi connectivity index (χ0) is 20.9. The number of carbonyl (C=O) groups excluding carboxylic acids is 2. The lowest BCUT2D eigenvalue weighted by Gasteiger charge is -2.22. The second-order valence-electron chi connectivity index (χ2n) is 7.70. The van der Waals surface area contributed by atoms with Gasteiger partial charge in [-0.15, -0.1) is 0 Å². The summed E-state index contributed by atoms with van der Waals surface area (Å²) in [5.41, 5.74) is 0.372. The van der Waals surface area contributed by atoms with Crippen LogP contribution >= 0.6 is 0 Å². The fraction of sp³-hybridized carbons (Fsp3) is 0.600. The van der Waals surface area contributed by atoms with Crippen molar-refractivity contribution in [2.45, 2.75) is 31.1 Å². The molecule has 2 amide bonds. The van der Waals surface area contributed by atoms with Gasteiger partial charge in [0.05, 0.1) is 11.4 Å². The Labute approximate surface area is 172 Å². The van der Waals surface area contributed by atoms with E-state index in [1.165, 1.54) is 12.1 Å². The lowest BCUT2D eigenvalue weighted by molar-refractivity contribution is -0.122. The third-order valence-electron chi connectivity index (χ3n) is 5.27. The molecule has 1 aromatic carbocycles. The Balaban J connectivity index is 1.61. The predicted molar refractivity (Wildman–Crippen MR) is 110 cm³/mol. The van der Waals surface area contributed by atoms with Crippen molar-refractivity contribution < 1.29 is 18.0 Å². The van der Waals surface area contributed by atoms with Crippen molar-refractivity contribution in [3.63, 3.8) is 0 Å². The van der Waals surface area contributed by atoms with Crippen LogP contribution in [0, 0.1) is 5.92 Å². The molecule has 8 nitrogen and oxygen atoms in total. The normalized spacial score (nSPS) is 18.3. The highest BCUT2D eigenvalue weighted by Gasteiger charge is 2.26. The standard InChI is InChI=1S/C20H30N4O4S/c1-2-21-19(25)15-23-9-4-10-24(12-11-23)20(26)17-5-3-6-18(13-17)29(27,28)22-14-16-7-8-16/h3,5-6,13,16,22H,2,4,7-12,14-15H2,1H3,(H,21,25). The van der Waals surface area contributed by atoms with Gasteiger partial charge >= 0.3 is 0 Å². The van der Waals surface area contributed by atoms with E-state index in [9.17, 15) is 18.0 Å². The van der Waals surface area contributed by atoms with Crippen LogP contribution < -0.4 is 10.0 Å². The average Bonchev–Trinajstić information content (AvgIpc) is 3.54. The largest absolute Gasteiger partial charge is 0.355 e. The predicted octanol–water partition coefficient (Wildman–Crippen LogP) is 0.659. The van der Waals surface area contributed by atoms with Gasteiger partial charge < -0.3 is 10.2 Å². The van der Waals surface area contributed by atoms with E-state index in [0.29, 0.717) is 50.7 Å². The van der Waals surface area contributed by atoms with Crippen molar-refractivity contribution in [3.05, 3.63) is 29.8 Å². The highest BCUT2D eigenvalue weighted by atomic mass is 32.2. The quantitative estimate of drug-likeness (QED) is 0.641. The summed E-state index contributed by atoms with van der Waals surface area (Å²) < 4.78 is 27.6. The fourth-order valence-corrected chi connectivity index (χ4v) is 4.56. The first-order valence-corrected chi connectivity index (χ1v) is 11.8. The minimum atomic E-state index is -3.61. The lowest BCUT2D eigenvalue weighted by Crippen LogP contribution is -2.40. The van der Waals surface area contributed by atoms with E-state index < -0.39 is 10.0 Å². The van der Waals surface area contributed by atoms with Crippen LogP contribution in [-0.4, -0.2) is 75.8 Å². The third-order valence-corrected chi connectivity index (χ3v) is 6.69. The Morgan fingerprint density at radius 3 is 2.66 bits per heavy atom. The highest BCUT2D eigenvalue weighted by Crippen LogP contribution is 2.28. The molecule has 0 aromatic heterocycles. The van der Waals surface area contributed by atoms with E-state index in [-0.39, 0.29) is 16.7 Å². The van der Waals surface area contributed by atoms with E-state index in [0.717, 1.165) is 25.8 Å². The summed E-state index contributed by atoms with van der Waals surface area (Å²) in [5.74, 6) is 0.252. The Bertz CT molecular complexity index is 839. The van der Waals surface area contributed by atoms with Gasteiger partial charge in [0.1, 0.15) is 0 Å². The first-order chi connectivity index (χ1) is 13.9. The maximum Gasteiger partial charge on any atom is 0.253 e. The van der Waals surface area contributed by atoms with Crippen molar-refractivity contribution in [1.82, 2.24) is 19.8 Å². The number of likely N-dealkylation sites (N-methyl/N-ethyl adjacent to an activating group) is 1. The molecule has 1 aromatic rings. The van der Waals surface area contributed by atoms with Crippen LogP contribution in [0.5, 0.6) is 0 Å². The molecule has 1 aliphatic carbocycles. The molecule has 2 aliphatic rings. The molecule has 29 heavy (non-hydrogen) atoms. The van der Waals surface area contributed by atoms with E-state index in [4.69, 9.17) is 0 Å². The molecule has 2 fully saturated rings. The molecule has 1 saturated carbocycles. The van der Waals surface area contributed by atoms with Gasteiger partial charge in [-0.2, -0.15) is 0 Å². The molecule has 1 saturated heterocycles. The summed E-state index contributed by atoms with van der Waals surface area (Å²) in [6, 6.07) is 6.23. The van der Waals surface area contributed by atoms with E-state index in [2.05, 4.69) is 10.0 Å². The van der Waals surface area contributed by atoms with E-state index >= 15 is 0 Å². The smallest absolute Gasteiger partial charge is 0.253 e. The summed E-state index contributed by atoms with van der Waals surface area (Å²) in [6.45, 7) is 5.73. The summed E-state index contributed by atoms with van der Waals surface area (Å²) >= 11 is 0. The topological polar surface area (TPSA) is 98.8 Å². The molecule has 0 radical (unpaired) electrons. The zero-order valence-electron chi connectivity index (χ0n) is 16.9. The molecule has 1 aliphatic heterocycles. The second kappa shape index (κ2) is 9.69. The van der Waals surface area contributed by atoms with E-state index in [1.54, 1.807) is 17.0 Å². The Kier molecular flexibility index (Phi) is 7.26.